The molecule has 0 spiro atoms. The fourth-order valence-corrected chi connectivity index (χ4v) is 5.35. The Hall–Kier alpha value is -1.40. The number of nitrogens with one attached hydrogen (secondary N) is 2. The maximum Gasteiger partial charge on any atom is 0.392 e. The Morgan fingerprint density at radius 1 is 1.12 bits per heavy atom. The topological polar surface area (TPSA) is 56.1 Å². The van der Waals surface area contributed by atoms with Gasteiger partial charge in [0.15, 0.2) is 0 Å². The van der Waals surface area contributed by atoms with Gasteiger partial charge in [-0.25, -0.2) is 0 Å². The van der Waals surface area contributed by atoms with E-state index in [9.17, 15) is 18.3 Å². The summed E-state index contributed by atoms with van der Waals surface area (Å²) in [5.74, 6) is -1.03. The third-order valence-corrected chi connectivity index (χ3v) is 7.66. The van der Waals surface area contributed by atoms with Crippen molar-refractivity contribution in [1.29, 1.82) is 5.41 Å². The first-order valence-electron chi connectivity index (χ1n) is 12.3. The van der Waals surface area contributed by atoms with Crippen molar-refractivity contribution in [2.24, 2.45) is 23.7 Å². The van der Waals surface area contributed by atoms with Crippen LogP contribution < -0.4 is 5.32 Å². The van der Waals surface area contributed by atoms with Crippen molar-refractivity contribution in [1.82, 2.24) is 5.32 Å². The molecule has 0 amide bonds. The van der Waals surface area contributed by atoms with Gasteiger partial charge in [-0.2, -0.15) is 13.2 Å². The van der Waals surface area contributed by atoms with Crippen LogP contribution in [0.4, 0.5) is 13.2 Å². The van der Waals surface area contributed by atoms with E-state index in [0.29, 0.717) is 31.1 Å². The van der Waals surface area contributed by atoms with Gasteiger partial charge in [-0.1, -0.05) is 43.7 Å². The van der Waals surface area contributed by atoms with E-state index in [2.05, 4.69) is 25.2 Å². The zero-order chi connectivity index (χ0) is 23.3. The summed E-state index contributed by atoms with van der Waals surface area (Å²) in [7, 11) is 0. The van der Waals surface area contributed by atoms with Crippen LogP contribution in [0.3, 0.4) is 0 Å². The molecule has 3 rings (SSSR count). The summed E-state index contributed by atoms with van der Waals surface area (Å²) < 4.78 is 41.8. The van der Waals surface area contributed by atoms with Gasteiger partial charge >= 0.3 is 6.18 Å². The molecule has 180 valence electrons. The van der Waals surface area contributed by atoms with Crippen molar-refractivity contribution in [3.8, 4) is 0 Å². The normalized spacial score (nSPS) is 33.3. The number of aliphatic hydroxyl groups excluding tert-OH is 1. The molecule has 32 heavy (non-hydrogen) atoms. The highest BCUT2D eigenvalue weighted by Crippen LogP contribution is 2.43. The van der Waals surface area contributed by atoms with Crippen molar-refractivity contribution < 1.29 is 18.3 Å². The molecule has 0 radical (unpaired) electrons. The zero-order valence-electron chi connectivity index (χ0n) is 19.4. The molecule has 0 saturated heterocycles. The molecule has 3 aliphatic rings. The van der Waals surface area contributed by atoms with Crippen LogP contribution in [-0.4, -0.2) is 29.3 Å². The van der Waals surface area contributed by atoms with E-state index in [1.54, 1.807) is 0 Å². The van der Waals surface area contributed by atoms with Crippen LogP contribution in [-0.2, 0) is 0 Å². The Morgan fingerprint density at radius 2 is 1.81 bits per heavy atom. The lowest BCUT2D eigenvalue weighted by molar-refractivity contribution is -0.198. The molecule has 0 aromatic rings. The fraction of sp³-hybridized carbons (Fsp3) is 0.731. The molecule has 3 aliphatic carbocycles. The Morgan fingerprint density at radius 3 is 2.44 bits per heavy atom. The van der Waals surface area contributed by atoms with Crippen molar-refractivity contribution in [2.45, 2.75) is 96.5 Å². The van der Waals surface area contributed by atoms with Crippen molar-refractivity contribution in [2.75, 3.05) is 0 Å². The van der Waals surface area contributed by atoms with Crippen LogP contribution in [0.15, 0.2) is 35.5 Å². The summed E-state index contributed by atoms with van der Waals surface area (Å²) in [4.78, 5) is 0. The molecule has 2 saturated carbocycles. The summed E-state index contributed by atoms with van der Waals surface area (Å²) in [6.45, 7) is 4.20. The number of hydrogen-bond donors (Lipinski definition) is 3. The van der Waals surface area contributed by atoms with E-state index >= 15 is 0 Å². The van der Waals surface area contributed by atoms with Gasteiger partial charge in [-0.05, 0) is 87.5 Å². The number of aliphatic hydroxyl groups is 1. The molecule has 0 aromatic heterocycles. The minimum absolute atomic E-state index is 0.0223. The van der Waals surface area contributed by atoms with E-state index in [-0.39, 0.29) is 12.5 Å². The third-order valence-electron chi connectivity index (χ3n) is 7.66. The number of alkyl halides is 3. The predicted molar refractivity (Wildman–Crippen MR) is 123 cm³/mol. The Bertz CT molecular complexity index is 726. The first-order valence-corrected chi connectivity index (χ1v) is 12.3. The van der Waals surface area contributed by atoms with Crippen molar-refractivity contribution >= 4 is 5.71 Å². The lowest BCUT2D eigenvalue weighted by atomic mass is 9.74. The highest BCUT2D eigenvalue weighted by atomic mass is 19.4. The first kappa shape index (κ1) is 25.2. The Labute approximate surface area is 190 Å². The van der Waals surface area contributed by atoms with Gasteiger partial charge in [-0.3, -0.25) is 5.32 Å². The molecule has 6 unspecified atom stereocenters. The summed E-state index contributed by atoms with van der Waals surface area (Å²) in [5, 5.41) is 21.5. The van der Waals surface area contributed by atoms with E-state index in [1.807, 2.05) is 18.2 Å². The largest absolute Gasteiger partial charge is 0.392 e. The number of allylic oxidation sites excluding steroid dienone is 4. The average molecular weight is 453 g/mol. The number of halogens is 3. The van der Waals surface area contributed by atoms with Crippen LogP contribution in [0.5, 0.6) is 0 Å². The molecule has 0 bridgehead atoms. The number of hydrogen-bond acceptors (Lipinski definition) is 3. The van der Waals surface area contributed by atoms with E-state index in [0.717, 1.165) is 49.8 Å². The SMILES string of the molecule is CC1C=CC(C(O)NC2CCC(CC=C3CCCC(=N)CCC3)C(C(F)(F)F)C2)=CC1C. The number of rotatable bonds is 5. The van der Waals surface area contributed by atoms with E-state index in [4.69, 9.17) is 5.41 Å². The summed E-state index contributed by atoms with van der Waals surface area (Å²) >= 11 is 0. The highest BCUT2D eigenvalue weighted by Gasteiger charge is 2.47. The lowest BCUT2D eigenvalue weighted by Crippen LogP contribution is -2.47. The van der Waals surface area contributed by atoms with Gasteiger partial charge in [0.1, 0.15) is 6.23 Å². The summed E-state index contributed by atoms with van der Waals surface area (Å²) in [6, 6.07) is -0.336. The van der Waals surface area contributed by atoms with E-state index < -0.39 is 24.2 Å². The molecule has 6 heteroatoms. The van der Waals surface area contributed by atoms with Gasteiger partial charge in [0.05, 0.1) is 5.92 Å². The minimum Gasteiger partial charge on any atom is -0.374 e. The van der Waals surface area contributed by atoms with Crippen LogP contribution in [0.1, 0.15) is 78.1 Å². The maximum atomic E-state index is 13.9. The monoisotopic (exact) mass is 452 g/mol. The van der Waals surface area contributed by atoms with Gasteiger partial charge in [0.25, 0.3) is 0 Å². The van der Waals surface area contributed by atoms with Crippen LogP contribution >= 0.6 is 0 Å². The smallest absolute Gasteiger partial charge is 0.374 e. The van der Waals surface area contributed by atoms with E-state index in [1.165, 1.54) is 5.57 Å². The van der Waals surface area contributed by atoms with Gasteiger partial charge < -0.3 is 10.5 Å². The van der Waals surface area contributed by atoms with Crippen LogP contribution in [0.2, 0.25) is 0 Å². The second kappa shape index (κ2) is 11.1. The molecular weight excluding hydrogens is 413 g/mol. The third kappa shape index (κ3) is 7.05. The molecule has 0 aliphatic heterocycles. The van der Waals surface area contributed by atoms with Crippen LogP contribution in [0, 0.1) is 29.1 Å². The molecule has 3 nitrogen and oxygen atoms in total. The molecule has 2 fully saturated rings. The van der Waals surface area contributed by atoms with Crippen molar-refractivity contribution in [3.63, 3.8) is 0 Å². The molecule has 0 heterocycles. The van der Waals surface area contributed by atoms with Gasteiger partial charge in [0.2, 0.25) is 0 Å². The molecular formula is C26H39F3N2O. The minimum atomic E-state index is -4.22. The molecule has 0 aromatic carbocycles. The zero-order valence-corrected chi connectivity index (χ0v) is 19.4. The van der Waals surface area contributed by atoms with Crippen LogP contribution in [0.25, 0.3) is 0 Å². The molecule has 3 N–H and O–H groups in total. The maximum absolute atomic E-state index is 13.9. The quantitative estimate of drug-likeness (QED) is 0.321. The highest BCUT2D eigenvalue weighted by molar-refractivity contribution is 5.81. The Balaban J connectivity index is 1.59. The average Bonchev–Trinajstić information content (AvgIpc) is 2.71. The predicted octanol–water partition coefficient (Wildman–Crippen LogP) is 6.70. The fourth-order valence-electron chi connectivity index (χ4n) is 5.35. The second-order valence-electron chi connectivity index (χ2n) is 10.1. The molecule has 6 atom stereocenters. The van der Waals surface area contributed by atoms with Gasteiger partial charge in [0, 0.05) is 11.8 Å². The standard InChI is InChI=1S/C26H39F3N2O/c1-17-9-11-21(15-18(17)2)25(32)31-23-14-13-20(24(16-23)26(27,28)29)12-10-19-5-3-7-22(30)8-4-6-19/h9-11,15,17-18,20,23-25,30-32H,3-8,12-14,16H2,1-2H3. The second-order valence-corrected chi connectivity index (χ2v) is 10.1. The summed E-state index contributed by atoms with van der Waals surface area (Å²) in [6.07, 6.45) is 9.84. The van der Waals surface area contributed by atoms with Gasteiger partial charge in [-0.15, -0.1) is 0 Å². The Kier molecular flexibility index (Phi) is 8.79. The summed E-state index contributed by atoms with van der Waals surface area (Å²) in [5.41, 5.74) is 2.83. The lowest BCUT2D eigenvalue weighted by Gasteiger charge is -2.38. The first-order chi connectivity index (χ1) is 15.1. The van der Waals surface area contributed by atoms with Crippen molar-refractivity contribution in [3.05, 3.63) is 35.5 Å².